The van der Waals surface area contributed by atoms with Crippen molar-refractivity contribution < 1.29 is 0 Å². The largest absolute Gasteiger partial charge is 0.310 e. The van der Waals surface area contributed by atoms with E-state index in [4.69, 9.17) is 0 Å². The van der Waals surface area contributed by atoms with Crippen molar-refractivity contribution in [1.82, 2.24) is 10.2 Å². The first kappa shape index (κ1) is 11.6. The molecule has 2 heteroatoms. The second kappa shape index (κ2) is 3.98. The average Bonchev–Trinajstić information content (AvgIpc) is 2.73. The maximum atomic E-state index is 3.93. The van der Waals surface area contributed by atoms with Crippen LogP contribution in [0, 0.1) is 23.7 Å². The summed E-state index contributed by atoms with van der Waals surface area (Å²) in [6.45, 7) is 4.03. The maximum Gasteiger partial charge on any atom is 0.0308 e. The molecular weight excluding hydrogens is 232 g/mol. The third kappa shape index (κ3) is 1.62. The number of rotatable bonds is 1. The Kier molecular flexibility index (Phi) is 2.42. The van der Waals surface area contributed by atoms with E-state index in [1.807, 2.05) is 0 Å². The van der Waals surface area contributed by atoms with Crippen LogP contribution in [0.4, 0.5) is 0 Å². The van der Waals surface area contributed by atoms with Gasteiger partial charge in [0, 0.05) is 18.1 Å². The Hall–Kier alpha value is -0.0800. The third-order valence-electron chi connectivity index (χ3n) is 7.30. The van der Waals surface area contributed by atoms with E-state index < -0.39 is 0 Å². The van der Waals surface area contributed by atoms with Gasteiger partial charge in [0.2, 0.25) is 0 Å². The van der Waals surface area contributed by atoms with Crippen LogP contribution in [0.15, 0.2) is 0 Å². The van der Waals surface area contributed by atoms with E-state index >= 15 is 0 Å². The monoisotopic (exact) mass is 260 g/mol. The first-order chi connectivity index (χ1) is 9.36. The van der Waals surface area contributed by atoms with Gasteiger partial charge in [-0.15, -0.1) is 0 Å². The van der Waals surface area contributed by atoms with Gasteiger partial charge in [-0.2, -0.15) is 0 Å². The van der Waals surface area contributed by atoms with Crippen LogP contribution in [0.3, 0.4) is 0 Å². The average molecular weight is 260 g/mol. The molecule has 1 N–H and O–H groups in total. The fraction of sp³-hybridized carbons (Fsp3) is 1.00. The van der Waals surface area contributed by atoms with Gasteiger partial charge < -0.3 is 5.32 Å². The lowest BCUT2D eigenvalue weighted by molar-refractivity contribution is 0.175. The van der Waals surface area contributed by atoms with Gasteiger partial charge in [0.05, 0.1) is 0 Å². The summed E-state index contributed by atoms with van der Waals surface area (Å²) < 4.78 is 0. The molecule has 1 spiro atoms. The molecule has 4 saturated carbocycles. The van der Waals surface area contributed by atoms with Gasteiger partial charge in [0.1, 0.15) is 0 Å². The highest BCUT2D eigenvalue weighted by Gasteiger charge is 2.66. The Labute approximate surface area is 117 Å². The van der Waals surface area contributed by atoms with Crippen LogP contribution in [0.25, 0.3) is 0 Å². The Morgan fingerprint density at radius 1 is 0.947 bits per heavy atom. The number of hydrogen-bond acceptors (Lipinski definition) is 2. The first-order valence-electron chi connectivity index (χ1n) is 8.85. The Morgan fingerprint density at radius 3 is 2.42 bits per heavy atom. The summed E-state index contributed by atoms with van der Waals surface area (Å²) in [6.07, 6.45) is 11.9. The van der Waals surface area contributed by atoms with E-state index in [1.54, 1.807) is 19.3 Å². The predicted octanol–water partition coefficient (Wildman–Crippen LogP) is 2.64. The van der Waals surface area contributed by atoms with Crippen molar-refractivity contribution in [2.45, 2.75) is 62.9 Å². The van der Waals surface area contributed by atoms with E-state index in [1.165, 1.54) is 51.7 Å². The van der Waals surface area contributed by atoms with Crippen molar-refractivity contribution in [3.05, 3.63) is 0 Å². The number of hydrogen-bond donors (Lipinski definition) is 1. The highest BCUT2D eigenvalue weighted by atomic mass is 15.3. The van der Waals surface area contributed by atoms with Crippen LogP contribution in [-0.4, -0.2) is 36.1 Å². The van der Waals surface area contributed by atoms with E-state index in [2.05, 4.69) is 10.2 Å². The summed E-state index contributed by atoms with van der Waals surface area (Å²) in [4.78, 5) is 2.95. The molecule has 0 amide bonds. The van der Waals surface area contributed by atoms with Gasteiger partial charge in [-0.3, -0.25) is 4.90 Å². The Morgan fingerprint density at radius 2 is 1.68 bits per heavy atom. The fourth-order valence-electron chi connectivity index (χ4n) is 6.57. The lowest BCUT2D eigenvalue weighted by Crippen LogP contribution is -2.50. The molecule has 4 unspecified atom stereocenters. The van der Waals surface area contributed by atoms with Crippen LogP contribution >= 0.6 is 0 Å². The van der Waals surface area contributed by atoms with Crippen molar-refractivity contribution in [3.63, 3.8) is 0 Å². The van der Waals surface area contributed by atoms with Gasteiger partial charge in [0.25, 0.3) is 0 Å². The molecule has 4 aliphatic carbocycles. The van der Waals surface area contributed by atoms with Crippen molar-refractivity contribution in [1.29, 1.82) is 0 Å². The molecule has 0 aromatic rings. The van der Waals surface area contributed by atoms with Gasteiger partial charge >= 0.3 is 0 Å². The molecule has 1 heterocycles. The Balaban J connectivity index is 1.35. The van der Waals surface area contributed by atoms with E-state index in [-0.39, 0.29) is 0 Å². The van der Waals surface area contributed by atoms with Gasteiger partial charge in [0.15, 0.2) is 0 Å². The molecule has 5 aliphatic rings. The molecule has 5 rings (SSSR count). The zero-order valence-corrected chi connectivity index (χ0v) is 12.1. The molecule has 1 aliphatic heterocycles. The summed E-state index contributed by atoms with van der Waals surface area (Å²) in [5, 5.41) is 3.93. The second-order valence-corrected chi connectivity index (χ2v) is 8.22. The number of nitrogens with one attached hydrogen (secondary N) is 1. The fourth-order valence-corrected chi connectivity index (χ4v) is 6.57. The molecule has 0 aromatic heterocycles. The molecule has 0 radical (unpaired) electrons. The van der Waals surface area contributed by atoms with Crippen LogP contribution in [-0.2, 0) is 0 Å². The zero-order valence-electron chi connectivity index (χ0n) is 12.1. The highest BCUT2D eigenvalue weighted by molar-refractivity contribution is 5.18. The molecule has 2 nitrogen and oxygen atoms in total. The SMILES string of the molecule is C1CNC2(CCCC2)CN(C2C3C4CCC(C4)C32)C1. The summed E-state index contributed by atoms with van der Waals surface area (Å²) in [6, 6.07) is 1.02. The topological polar surface area (TPSA) is 15.3 Å². The quantitative estimate of drug-likeness (QED) is 0.780. The molecular formula is C17H28N2. The van der Waals surface area contributed by atoms with Gasteiger partial charge in [-0.25, -0.2) is 0 Å². The van der Waals surface area contributed by atoms with Crippen molar-refractivity contribution in [2.24, 2.45) is 23.7 Å². The minimum Gasteiger partial charge on any atom is -0.310 e. The minimum atomic E-state index is 0.520. The molecule has 4 atom stereocenters. The zero-order chi connectivity index (χ0) is 12.4. The minimum absolute atomic E-state index is 0.520. The van der Waals surface area contributed by atoms with E-state index in [0.717, 1.165) is 29.7 Å². The van der Waals surface area contributed by atoms with E-state index in [9.17, 15) is 0 Å². The smallest absolute Gasteiger partial charge is 0.0308 e. The standard InChI is InChI=1S/C17H28N2/c1-2-7-17(6-1)11-19(9-3-8-18-17)16-14-12-4-5-13(10-12)15(14)16/h12-16,18H,1-11H2. The van der Waals surface area contributed by atoms with Crippen LogP contribution in [0.1, 0.15) is 51.4 Å². The summed E-state index contributed by atoms with van der Waals surface area (Å²) in [5.41, 5.74) is 0.520. The molecule has 0 aromatic carbocycles. The van der Waals surface area contributed by atoms with Crippen LogP contribution < -0.4 is 5.32 Å². The summed E-state index contributed by atoms with van der Waals surface area (Å²) >= 11 is 0. The highest BCUT2D eigenvalue weighted by Crippen LogP contribution is 2.67. The maximum absolute atomic E-state index is 3.93. The molecule has 5 fully saturated rings. The molecule has 19 heavy (non-hydrogen) atoms. The number of nitrogens with zero attached hydrogens (tertiary/aromatic N) is 1. The second-order valence-electron chi connectivity index (χ2n) is 8.22. The van der Waals surface area contributed by atoms with Crippen molar-refractivity contribution >= 4 is 0 Å². The summed E-state index contributed by atoms with van der Waals surface area (Å²) in [7, 11) is 0. The van der Waals surface area contributed by atoms with Gasteiger partial charge in [-0.1, -0.05) is 12.8 Å². The number of fused-ring (bicyclic) bond motifs is 5. The molecule has 106 valence electrons. The normalized spacial score (nSPS) is 51.5. The molecule has 2 bridgehead atoms. The third-order valence-corrected chi connectivity index (χ3v) is 7.30. The lowest BCUT2D eigenvalue weighted by atomic mass is 9.96. The van der Waals surface area contributed by atoms with E-state index in [0.29, 0.717) is 5.54 Å². The van der Waals surface area contributed by atoms with Crippen LogP contribution in [0.2, 0.25) is 0 Å². The van der Waals surface area contributed by atoms with Crippen molar-refractivity contribution in [3.8, 4) is 0 Å². The lowest BCUT2D eigenvalue weighted by Gasteiger charge is -2.34. The summed E-state index contributed by atoms with van der Waals surface area (Å²) in [5.74, 6) is 4.54. The van der Waals surface area contributed by atoms with Crippen LogP contribution in [0.5, 0.6) is 0 Å². The van der Waals surface area contributed by atoms with Crippen molar-refractivity contribution in [2.75, 3.05) is 19.6 Å². The predicted molar refractivity (Wildman–Crippen MR) is 77.0 cm³/mol. The van der Waals surface area contributed by atoms with Gasteiger partial charge in [-0.05, 0) is 75.3 Å². The first-order valence-corrected chi connectivity index (χ1v) is 8.85. The molecule has 1 saturated heterocycles. The Bertz CT molecular complexity index is 357.